The number of hydrogen-bond donors (Lipinski definition) is 0. The minimum Gasteiger partial charge on any atom is -0.330 e. The number of hydrogen-bond acceptors (Lipinski definition) is 4. The molecule has 1 heterocycles. The molecule has 1 fully saturated rings. The fourth-order valence-electron chi connectivity index (χ4n) is 2.11. The van der Waals surface area contributed by atoms with E-state index in [1.54, 1.807) is 0 Å². The predicted molar refractivity (Wildman–Crippen MR) is 74.5 cm³/mol. The van der Waals surface area contributed by atoms with Gasteiger partial charge in [0, 0.05) is 24.8 Å². The number of carbonyl (C=O) groups excluding carboxylic acids is 3. The van der Waals surface area contributed by atoms with E-state index in [4.69, 9.17) is 11.3 Å². The van der Waals surface area contributed by atoms with E-state index in [-0.39, 0.29) is 19.3 Å². The predicted octanol–water partition coefficient (Wildman–Crippen LogP) is 1.60. The van der Waals surface area contributed by atoms with Crippen LogP contribution in [0.2, 0.25) is 0 Å². The van der Waals surface area contributed by atoms with Gasteiger partial charge in [0.1, 0.15) is 0 Å². The lowest BCUT2D eigenvalue weighted by Crippen LogP contribution is -2.32. The Labute approximate surface area is 122 Å². The van der Waals surface area contributed by atoms with Gasteiger partial charge in [-0.1, -0.05) is 24.1 Å². The maximum Gasteiger partial charge on any atom is 0.333 e. The highest BCUT2D eigenvalue weighted by molar-refractivity contribution is 6.01. The molecule has 2 rings (SSSR count). The maximum absolute atomic E-state index is 11.6. The van der Waals surface area contributed by atoms with Crippen LogP contribution in [0.25, 0.3) is 0 Å². The standard InChI is InChI=1S/C16H15NO4/c1-2-12-6-3-4-7-13(12)8-5-9-16(20)21-17-14(18)10-11-15(17)19/h1,3-4,6-7H,5,8-11H2. The molecule has 1 aromatic rings. The molecule has 5 nitrogen and oxygen atoms in total. The lowest BCUT2D eigenvalue weighted by molar-refractivity contribution is -0.197. The fraction of sp³-hybridized carbons (Fsp3) is 0.312. The first-order valence-electron chi connectivity index (χ1n) is 6.73. The number of carbonyl (C=O) groups is 3. The minimum absolute atomic E-state index is 0.0989. The monoisotopic (exact) mass is 285 g/mol. The van der Waals surface area contributed by atoms with Gasteiger partial charge in [0.05, 0.1) is 0 Å². The Kier molecular flexibility index (Phi) is 4.72. The van der Waals surface area contributed by atoms with Crippen molar-refractivity contribution in [3.8, 4) is 12.3 Å². The van der Waals surface area contributed by atoms with Gasteiger partial charge in [0.15, 0.2) is 0 Å². The number of imide groups is 1. The molecule has 0 unspecified atom stereocenters. The van der Waals surface area contributed by atoms with Gasteiger partial charge in [0.2, 0.25) is 0 Å². The van der Waals surface area contributed by atoms with Crippen molar-refractivity contribution < 1.29 is 19.2 Å². The number of amides is 2. The second-order valence-electron chi connectivity index (χ2n) is 4.70. The Hall–Kier alpha value is -2.61. The summed E-state index contributed by atoms with van der Waals surface area (Å²) < 4.78 is 0. The number of benzene rings is 1. The Balaban J connectivity index is 1.81. The summed E-state index contributed by atoms with van der Waals surface area (Å²) in [7, 11) is 0. The molecule has 0 spiro atoms. The molecule has 1 aliphatic heterocycles. The average Bonchev–Trinajstić information content (AvgIpc) is 2.79. The van der Waals surface area contributed by atoms with Gasteiger partial charge in [-0.15, -0.1) is 11.5 Å². The lowest BCUT2D eigenvalue weighted by atomic mass is 10.0. The molecular weight excluding hydrogens is 270 g/mol. The van der Waals surface area contributed by atoms with Gasteiger partial charge in [-0.2, -0.15) is 0 Å². The Morgan fingerprint density at radius 1 is 1.24 bits per heavy atom. The molecule has 0 saturated carbocycles. The van der Waals surface area contributed by atoms with Crippen molar-refractivity contribution in [3.05, 3.63) is 35.4 Å². The molecule has 2 amide bonds. The topological polar surface area (TPSA) is 63.7 Å². The Morgan fingerprint density at radius 3 is 2.57 bits per heavy atom. The van der Waals surface area contributed by atoms with E-state index in [0.29, 0.717) is 17.9 Å². The van der Waals surface area contributed by atoms with Crippen LogP contribution in [0, 0.1) is 12.3 Å². The van der Waals surface area contributed by atoms with Crippen molar-refractivity contribution in [1.82, 2.24) is 5.06 Å². The van der Waals surface area contributed by atoms with E-state index < -0.39 is 17.8 Å². The molecule has 1 aromatic carbocycles. The average molecular weight is 285 g/mol. The van der Waals surface area contributed by atoms with Gasteiger partial charge in [-0.3, -0.25) is 9.59 Å². The number of rotatable bonds is 5. The molecule has 0 bridgehead atoms. The van der Waals surface area contributed by atoms with Crippen molar-refractivity contribution in [2.24, 2.45) is 0 Å². The molecule has 5 heteroatoms. The summed E-state index contributed by atoms with van der Waals surface area (Å²) in [6.45, 7) is 0. The third-order valence-electron chi connectivity index (χ3n) is 3.20. The molecule has 0 aliphatic carbocycles. The van der Waals surface area contributed by atoms with Crippen LogP contribution in [-0.2, 0) is 25.6 Å². The quantitative estimate of drug-likeness (QED) is 0.609. The van der Waals surface area contributed by atoms with Crippen molar-refractivity contribution >= 4 is 17.8 Å². The number of terminal acetylenes is 1. The molecule has 0 radical (unpaired) electrons. The molecule has 0 aromatic heterocycles. The van der Waals surface area contributed by atoms with E-state index in [0.717, 1.165) is 11.1 Å². The summed E-state index contributed by atoms with van der Waals surface area (Å²) in [4.78, 5) is 39.0. The summed E-state index contributed by atoms with van der Waals surface area (Å²) in [5, 5.41) is 0.567. The Morgan fingerprint density at radius 2 is 1.90 bits per heavy atom. The van der Waals surface area contributed by atoms with Crippen molar-refractivity contribution in [1.29, 1.82) is 0 Å². The SMILES string of the molecule is C#Cc1ccccc1CCCC(=O)ON1C(=O)CCC1=O. The summed E-state index contributed by atoms with van der Waals surface area (Å²) in [5.41, 5.74) is 1.79. The van der Waals surface area contributed by atoms with Gasteiger partial charge < -0.3 is 4.84 Å². The van der Waals surface area contributed by atoms with Crippen LogP contribution in [0.1, 0.15) is 36.8 Å². The summed E-state index contributed by atoms with van der Waals surface area (Å²) in [6, 6.07) is 7.50. The fourth-order valence-corrected chi connectivity index (χ4v) is 2.11. The van der Waals surface area contributed by atoms with Gasteiger partial charge in [0.25, 0.3) is 11.8 Å². The first-order chi connectivity index (χ1) is 10.1. The summed E-state index contributed by atoms with van der Waals surface area (Å²) in [6.07, 6.45) is 6.89. The van der Waals surface area contributed by atoms with E-state index in [1.807, 2.05) is 24.3 Å². The number of aryl methyl sites for hydroxylation is 1. The van der Waals surface area contributed by atoms with Crippen LogP contribution in [0.4, 0.5) is 0 Å². The van der Waals surface area contributed by atoms with Crippen LogP contribution in [0.5, 0.6) is 0 Å². The zero-order valence-corrected chi connectivity index (χ0v) is 11.5. The zero-order valence-electron chi connectivity index (χ0n) is 11.5. The molecule has 0 atom stereocenters. The first-order valence-corrected chi connectivity index (χ1v) is 6.73. The van der Waals surface area contributed by atoms with E-state index in [1.165, 1.54) is 0 Å². The first kappa shape index (κ1) is 14.8. The molecule has 1 aliphatic rings. The van der Waals surface area contributed by atoms with Crippen LogP contribution in [0.15, 0.2) is 24.3 Å². The number of nitrogens with zero attached hydrogens (tertiary/aromatic N) is 1. The number of hydroxylamine groups is 2. The van der Waals surface area contributed by atoms with Gasteiger partial charge in [-0.05, 0) is 24.5 Å². The zero-order chi connectivity index (χ0) is 15.2. The van der Waals surface area contributed by atoms with E-state index >= 15 is 0 Å². The second kappa shape index (κ2) is 6.71. The van der Waals surface area contributed by atoms with Crippen molar-refractivity contribution in [2.45, 2.75) is 32.1 Å². The van der Waals surface area contributed by atoms with E-state index in [2.05, 4.69) is 5.92 Å². The van der Waals surface area contributed by atoms with Crippen LogP contribution in [-0.4, -0.2) is 22.8 Å². The van der Waals surface area contributed by atoms with Crippen LogP contribution in [0.3, 0.4) is 0 Å². The lowest BCUT2D eigenvalue weighted by Gasteiger charge is -2.12. The smallest absolute Gasteiger partial charge is 0.330 e. The highest BCUT2D eigenvalue weighted by Crippen LogP contribution is 2.14. The van der Waals surface area contributed by atoms with Gasteiger partial charge >= 0.3 is 5.97 Å². The molecule has 21 heavy (non-hydrogen) atoms. The highest BCUT2D eigenvalue weighted by Gasteiger charge is 2.32. The van der Waals surface area contributed by atoms with Gasteiger partial charge in [-0.25, -0.2) is 4.79 Å². The largest absolute Gasteiger partial charge is 0.333 e. The molecule has 108 valence electrons. The second-order valence-corrected chi connectivity index (χ2v) is 4.70. The van der Waals surface area contributed by atoms with Crippen molar-refractivity contribution in [2.75, 3.05) is 0 Å². The normalized spacial score (nSPS) is 14.1. The van der Waals surface area contributed by atoms with E-state index in [9.17, 15) is 14.4 Å². The Bertz CT molecular complexity index is 599. The highest BCUT2D eigenvalue weighted by atomic mass is 16.7. The summed E-state index contributed by atoms with van der Waals surface area (Å²) >= 11 is 0. The third-order valence-corrected chi connectivity index (χ3v) is 3.20. The minimum atomic E-state index is -0.586. The molecule has 0 N–H and O–H groups in total. The van der Waals surface area contributed by atoms with Crippen molar-refractivity contribution in [3.63, 3.8) is 0 Å². The van der Waals surface area contributed by atoms with Crippen LogP contribution >= 0.6 is 0 Å². The third kappa shape index (κ3) is 3.69. The molecular formula is C16H15NO4. The molecule has 1 saturated heterocycles. The summed E-state index contributed by atoms with van der Waals surface area (Å²) in [5.74, 6) is 1.07. The van der Waals surface area contributed by atoms with Crippen LogP contribution < -0.4 is 0 Å². The maximum atomic E-state index is 11.6.